The van der Waals surface area contributed by atoms with Gasteiger partial charge in [0, 0.05) is 6.07 Å². The lowest BCUT2D eigenvalue weighted by molar-refractivity contribution is -0.387. The zero-order chi connectivity index (χ0) is 14.6. The highest BCUT2D eigenvalue weighted by atomic mass is 32.2. The Bertz CT molecular complexity index is 551. The van der Waals surface area contributed by atoms with Gasteiger partial charge in [0.2, 0.25) is 0 Å². The lowest BCUT2D eigenvalue weighted by atomic mass is 10.1. The average Bonchev–Trinajstić information content (AvgIpc) is 2.34. The fourth-order valence-corrected chi connectivity index (χ4v) is 2.49. The van der Waals surface area contributed by atoms with E-state index in [0.717, 1.165) is 17.8 Å². The summed E-state index contributed by atoms with van der Waals surface area (Å²) >= 11 is 0.928. The van der Waals surface area contributed by atoms with Crippen molar-refractivity contribution in [3.63, 3.8) is 0 Å². The smallest absolute Gasteiger partial charge is 0.317 e. The molecule has 0 spiro atoms. The molecule has 1 atom stereocenters. The summed E-state index contributed by atoms with van der Waals surface area (Å²) in [5, 5.41) is 28.0. The van der Waals surface area contributed by atoms with Gasteiger partial charge in [-0.15, -0.1) is 11.8 Å². The van der Waals surface area contributed by atoms with Gasteiger partial charge in [0.25, 0.3) is 5.69 Å². The van der Waals surface area contributed by atoms with E-state index >= 15 is 0 Å². The first-order chi connectivity index (χ1) is 8.86. The largest absolute Gasteiger partial charge is 0.480 e. The van der Waals surface area contributed by atoms with Gasteiger partial charge >= 0.3 is 5.97 Å². The standard InChI is InChI=1S/C12H12N2O4S/c1-7(2)11(12(15)16)19-10-4-3-8(6-13)5-9(10)14(17)18/h3-5,7,11H,1-2H3,(H,15,16). The Morgan fingerprint density at radius 2 is 2.16 bits per heavy atom. The number of rotatable bonds is 5. The van der Waals surface area contributed by atoms with Crippen molar-refractivity contribution in [3.8, 4) is 6.07 Å². The van der Waals surface area contributed by atoms with Gasteiger partial charge in [0.05, 0.1) is 21.5 Å². The SMILES string of the molecule is CC(C)C(Sc1ccc(C#N)cc1[N+](=O)[O-])C(=O)O. The number of carboxylic acids is 1. The van der Waals surface area contributed by atoms with Crippen molar-refractivity contribution >= 4 is 23.4 Å². The molecule has 1 aromatic rings. The van der Waals surface area contributed by atoms with Gasteiger partial charge in [-0.1, -0.05) is 13.8 Å². The zero-order valence-corrected chi connectivity index (χ0v) is 11.2. The molecule has 0 bridgehead atoms. The van der Waals surface area contributed by atoms with Crippen LogP contribution in [0.25, 0.3) is 0 Å². The Kier molecular flexibility index (Phi) is 4.89. The van der Waals surface area contributed by atoms with E-state index in [-0.39, 0.29) is 22.1 Å². The van der Waals surface area contributed by atoms with Crippen LogP contribution in [0.2, 0.25) is 0 Å². The molecule has 1 rings (SSSR count). The van der Waals surface area contributed by atoms with Gasteiger partial charge in [0.15, 0.2) is 0 Å². The molecule has 0 saturated heterocycles. The lowest BCUT2D eigenvalue weighted by Crippen LogP contribution is -2.22. The maximum absolute atomic E-state index is 11.1. The minimum atomic E-state index is -1.02. The molecule has 0 aliphatic carbocycles. The van der Waals surface area contributed by atoms with Crippen molar-refractivity contribution in [2.75, 3.05) is 0 Å². The molecule has 7 heteroatoms. The second-order valence-electron chi connectivity index (χ2n) is 4.17. The Labute approximate surface area is 114 Å². The van der Waals surface area contributed by atoms with Crippen LogP contribution in [0.1, 0.15) is 19.4 Å². The Morgan fingerprint density at radius 1 is 1.53 bits per heavy atom. The molecular formula is C12H12N2O4S. The van der Waals surface area contributed by atoms with Crippen LogP contribution in [0, 0.1) is 27.4 Å². The quantitative estimate of drug-likeness (QED) is 0.505. The van der Waals surface area contributed by atoms with E-state index in [2.05, 4.69) is 0 Å². The summed E-state index contributed by atoms with van der Waals surface area (Å²) in [6.07, 6.45) is 0. The molecule has 0 saturated carbocycles. The highest BCUT2D eigenvalue weighted by Crippen LogP contribution is 2.35. The topological polar surface area (TPSA) is 104 Å². The van der Waals surface area contributed by atoms with Gasteiger partial charge in [-0.05, 0) is 18.1 Å². The van der Waals surface area contributed by atoms with Crippen molar-refractivity contribution in [2.45, 2.75) is 24.0 Å². The van der Waals surface area contributed by atoms with Crippen LogP contribution in [0.5, 0.6) is 0 Å². The number of carboxylic acid groups (broad SMARTS) is 1. The fourth-order valence-electron chi connectivity index (χ4n) is 1.44. The van der Waals surface area contributed by atoms with Crippen LogP contribution in [0.4, 0.5) is 5.69 Å². The number of nitro groups is 1. The Balaban J connectivity index is 3.17. The van der Waals surface area contributed by atoms with Gasteiger partial charge in [-0.25, -0.2) is 0 Å². The molecule has 0 radical (unpaired) electrons. The molecule has 0 aliphatic rings. The van der Waals surface area contributed by atoms with E-state index in [1.165, 1.54) is 12.1 Å². The Hall–Kier alpha value is -2.07. The number of thioether (sulfide) groups is 1. The number of hydrogen-bond donors (Lipinski definition) is 1. The zero-order valence-electron chi connectivity index (χ0n) is 10.4. The fraction of sp³-hybridized carbons (Fsp3) is 0.333. The monoisotopic (exact) mass is 280 g/mol. The van der Waals surface area contributed by atoms with Gasteiger partial charge < -0.3 is 5.11 Å². The molecule has 1 unspecified atom stereocenters. The highest BCUT2D eigenvalue weighted by molar-refractivity contribution is 8.00. The summed E-state index contributed by atoms with van der Waals surface area (Å²) in [6, 6.07) is 5.83. The molecule has 100 valence electrons. The summed E-state index contributed by atoms with van der Waals surface area (Å²) in [6.45, 7) is 3.47. The predicted molar refractivity (Wildman–Crippen MR) is 69.9 cm³/mol. The first kappa shape index (κ1) is 15.0. The number of carbonyl (C=O) groups is 1. The second-order valence-corrected chi connectivity index (χ2v) is 5.36. The molecule has 0 aromatic heterocycles. The highest BCUT2D eigenvalue weighted by Gasteiger charge is 2.26. The van der Waals surface area contributed by atoms with E-state index < -0.39 is 16.1 Å². The van der Waals surface area contributed by atoms with Gasteiger partial charge in [-0.3, -0.25) is 14.9 Å². The van der Waals surface area contributed by atoms with Crippen molar-refractivity contribution in [3.05, 3.63) is 33.9 Å². The van der Waals surface area contributed by atoms with Crippen molar-refractivity contribution in [2.24, 2.45) is 5.92 Å². The van der Waals surface area contributed by atoms with Crippen molar-refractivity contribution in [1.82, 2.24) is 0 Å². The molecular weight excluding hydrogens is 268 g/mol. The molecule has 1 aromatic carbocycles. The number of nitro benzene ring substituents is 1. The minimum absolute atomic E-state index is 0.169. The summed E-state index contributed by atoms with van der Waals surface area (Å²) in [5.41, 5.74) is -0.0663. The third-order valence-electron chi connectivity index (χ3n) is 2.39. The molecule has 0 fully saturated rings. The first-order valence-corrected chi connectivity index (χ1v) is 6.32. The van der Waals surface area contributed by atoms with E-state index in [1.54, 1.807) is 13.8 Å². The van der Waals surface area contributed by atoms with Crippen LogP contribution in [-0.4, -0.2) is 21.2 Å². The van der Waals surface area contributed by atoms with Crippen LogP contribution in [0.3, 0.4) is 0 Å². The Morgan fingerprint density at radius 3 is 2.58 bits per heavy atom. The van der Waals surface area contributed by atoms with Crippen molar-refractivity contribution < 1.29 is 14.8 Å². The number of benzene rings is 1. The summed E-state index contributed by atoms with van der Waals surface area (Å²) in [7, 11) is 0. The third kappa shape index (κ3) is 3.69. The van der Waals surface area contributed by atoms with E-state index in [4.69, 9.17) is 10.4 Å². The van der Waals surface area contributed by atoms with Crippen LogP contribution < -0.4 is 0 Å². The average molecular weight is 280 g/mol. The maximum Gasteiger partial charge on any atom is 0.317 e. The molecule has 19 heavy (non-hydrogen) atoms. The van der Waals surface area contributed by atoms with E-state index in [1.807, 2.05) is 6.07 Å². The number of nitriles is 1. The summed E-state index contributed by atoms with van der Waals surface area (Å²) in [5.74, 6) is -1.18. The van der Waals surface area contributed by atoms with Crippen LogP contribution in [0.15, 0.2) is 23.1 Å². The third-order valence-corrected chi connectivity index (χ3v) is 3.99. The number of aliphatic carboxylic acids is 1. The normalized spacial score (nSPS) is 11.9. The van der Waals surface area contributed by atoms with Crippen LogP contribution in [-0.2, 0) is 4.79 Å². The van der Waals surface area contributed by atoms with Crippen molar-refractivity contribution in [1.29, 1.82) is 5.26 Å². The summed E-state index contributed by atoms with van der Waals surface area (Å²) < 4.78 is 0. The lowest BCUT2D eigenvalue weighted by Gasteiger charge is -2.15. The molecule has 1 N–H and O–H groups in total. The maximum atomic E-state index is 11.1. The first-order valence-electron chi connectivity index (χ1n) is 5.44. The van der Waals surface area contributed by atoms with E-state index in [0.29, 0.717) is 0 Å². The molecule has 0 amide bonds. The minimum Gasteiger partial charge on any atom is -0.480 e. The van der Waals surface area contributed by atoms with Gasteiger partial charge in [0.1, 0.15) is 5.25 Å². The number of hydrogen-bond acceptors (Lipinski definition) is 5. The van der Waals surface area contributed by atoms with Crippen LogP contribution >= 0.6 is 11.8 Å². The second kappa shape index (κ2) is 6.20. The predicted octanol–water partition coefficient (Wildman–Crippen LogP) is 2.67. The van der Waals surface area contributed by atoms with E-state index in [9.17, 15) is 14.9 Å². The molecule has 0 aliphatic heterocycles. The van der Waals surface area contributed by atoms with Gasteiger partial charge in [-0.2, -0.15) is 5.26 Å². The molecule has 0 heterocycles. The number of nitrogens with zero attached hydrogens (tertiary/aromatic N) is 2. The molecule has 6 nitrogen and oxygen atoms in total. The summed E-state index contributed by atoms with van der Waals surface area (Å²) in [4.78, 5) is 21.7.